The van der Waals surface area contributed by atoms with Gasteiger partial charge in [0.05, 0.1) is 0 Å². The highest BCUT2D eigenvalue weighted by Gasteiger charge is 2.39. The second kappa shape index (κ2) is 10.4. The first-order chi connectivity index (χ1) is 25.3. The van der Waals surface area contributed by atoms with Gasteiger partial charge in [-0.3, -0.25) is 0 Å². The topological polar surface area (TPSA) is 3.24 Å². The van der Waals surface area contributed by atoms with Gasteiger partial charge < -0.3 is 4.90 Å². The lowest BCUT2D eigenvalue weighted by atomic mass is 9.80. The van der Waals surface area contributed by atoms with Crippen LogP contribution in [0.4, 0.5) is 17.1 Å². The van der Waals surface area contributed by atoms with Gasteiger partial charge in [0.15, 0.2) is 0 Å². The number of rotatable bonds is 3. The van der Waals surface area contributed by atoms with Crippen molar-refractivity contribution in [1.82, 2.24) is 0 Å². The zero-order valence-electron chi connectivity index (χ0n) is 29.8. The maximum absolute atomic E-state index is 2.46. The lowest BCUT2D eigenvalue weighted by Gasteiger charge is -2.28. The van der Waals surface area contributed by atoms with Crippen LogP contribution in [0.15, 0.2) is 152 Å². The lowest BCUT2D eigenvalue weighted by molar-refractivity contribution is 0.662. The summed E-state index contributed by atoms with van der Waals surface area (Å²) in [4.78, 5) is 2.44. The standard InChI is InChI=1S/C50H37NS/c1-49(2)42-27-31-13-9-8-12-30(31)25-40(42)41-26-32-18-19-35(24-33(32)28-43(41)49)51(34-14-6-5-7-15-34)36-20-21-37-38-22-23-46-47(39-16-10-11-17-45(39)52-46)48(38)50(3,4)44(37)29-36/h5-29H,1-4H3. The van der Waals surface area contributed by atoms with E-state index >= 15 is 0 Å². The van der Waals surface area contributed by atoms with Crippen molar-refractivity contribution in [2.75, 3.05) is 4.90 Å². The van der Waals surface area contributed by atoms with Gasteiger partial charge in [0.2, 0.25) is 0 Å². The average molecular weight is 684 g/mol. The summed E-state index contributed by atoms with van der Waals surface area (Å²) >= 11 is 1.91. The van der Waals surface area contributed by atoms with E-state index in [1.807, 2.05) is 11.3 Å². The third-order valence-electron chi connectivity index (χ3n) is 12.1. The van der Waals surface area contributed by atoms with Gasteiger partial charge in [-0.15, -0.1) is 11.3 Å². The van der Waals surface area contributed by atoms with Gasteiger partial charge in [-0.2, -0.15) is 0 Å². The predicted octanol–water partition coefficient (Wildman–Crippen LogP) is 14.4. The Morgan fingerprint density at radius 3 is 1.79 bits per heavy atom. The molecule has 0 saturated carbocycles. The van der Waals surface area contributed by atoms with E-state index in [4.69, 9.17) is 0 Å². The number of benzene rings is 8. The van der Waals surface area contributed by atoms with Gasteiger partial charge in [0.1, 0.15) is 0 Å². The Kier molecular flexibility index (Phi) is 6.02. The molecular weight excluding hydrogens is 647 g/mol. The Bertz CT molecular complexity index is 2960. The number of thiophene rings is 1. The van der Waals surface area contributed by atoms with E-state index in [1.165, 1.54) is 91.9 Å². The molecule has 0 fully saturated rings. The maximum Gasteiger partial charge on any atom is 0.0468 e. The van der Waals surface area contributed by atoms with Crippen molar-refractivity contribution < 1.29 is 0 Å². The SMILES string of the molecule is CC1(C)c2cc3ccccc3cc2-c2cc3ccc(N(c4ccccc4)c4ccc5c(c4)C(C)(C)c4c-5ccc5sc6ccccc6c45)cc3cc21. The van der Waals surface area contributed by atoms with Gasteiger partial charge in [0, 0.05) is 48.1 Å². The highest BCUT2D eigenvalue weighted by Crippen LogP contribution is 2.56. The zero-order chi connectivity index (χ0) is 34.9. The van der Waals surface area contributed by atoms with E-state index in [9.17, 15) is 0 Å². The number of fused-ring (bicyclic) bond motifs is 12. The molecule has 0 aliphatic heterocycles. The summed E-state index contributed by atoms with van der Waals surface area (Å²) in [5.74, 6) is 0. The van der Waals surface area contributed by atoms with Crippen LogP contribution in [0, 0.1) is 0 Å². The molecule has 8 aromatic carbocycles. The van der Waals surface area contributed by atoms with Crippen molar-refractivity contribution in [3.8, 4) is 22.3 Å². The Labute approximate surface area is 308 Å². The zero-order valence-corrected chi connectivity index (χ0v) is 30.6. The largest absolute Gasteiger partial charge is 0.310 e. The van der Waals surface area contributed by atoms with Crippen LogP contribution in [-0.2, 0) is 10.8 Å². The smallest absolute Gasteiger partial charge is 0.0468 e. The van der Waals surface area contributed by atoms with Gasteiger partial charge in [-0.25, -0.2) is 0 Å². The van der Waals surface area contributed by atoms with E-state index in [0.717, 1.165) is 11.4 Å². The van der Waals surface area contributed by atoms with Crippen molar-refractivity contribution in [2.45, 2.75) is 38.5 Å². The highest BCUT2D eigenvalue weighted by atomic mass is 32.1. The van der Waals surface area contributed by atoms with E-state index < -0.39 is 0 Å². The first-order valence-electron chi connectivity index (χ1n) is 18.3. The van der Waals surface area contributed by atoms with Gasteiger partial charge in [0.25, 0.3) is 0 Å². The van der Waals surface area contributed by atoms with Crippen LogP contribution in [0.25, 0.3) is 64.0 Å². The normalized spacial score (nSPS) is 14.8. The monoisotopic (exact) mass is 683 g/mol. The molecule has 0 radical (unpaired) electrons. The summed E-state index contributed by atoms with van der Waals surface area (Å²) in [5, 5.41) is 7.93. The van der Waals surface area contributed by atoms with Crippen LogP contribution in [0.3, 0.4) is 0 Å². The third kappa shape index (κ3) is 4.04. The number of hydrogen-bond acceptors (Lipinski definition) is 2. The van der Waals surface area contributed by atoms with Crippen molar-refractivity contribution in [3.63, 3.8) is 0 Å². The average Bonchev–Trinajstić information content (AvgIpc) is 3.73. The number of para-hydroxylation sites is 1. The molecule has 2 aliphatic rings. The quantitative estimate of drug-likeness (QED) is 0.179. The fourth-order valence-corrected chi connectivity index (χ4v) is 10.7. The summed E-state index contributed by atoms with van der Waals surface area (Å²) < 4.78 is 2.73. The van der Waals surface area contributed by atoms with Crippen molar-refractivity contribution in [1.29, 1.82) is 0 Å². The van der Waals surface area contributed by atoms with Gasteiger partial charge in [-0.1, -0.05) is 107 Å². The lowest BCUT2D eigenvalue weighted by Crippen LogP contribution is -2.17. The molecule has 2 aliphatic carbocycles. The summed E-state index contributed by atoms with van der Waals surface area (Å²) in [6, 6.07) is 57.0. The van der Waals surface area contributed by atoms with E-state index in [0.29, 0.717) is 0 Å². The fraction of sp³-hybridized carbons (Fsp3) is 0.120. The van der Waals surface area contributed by atoms with Crippen LogP contribution in [-0.4, -0.2) is 0 Å². The number of hydrogen-bond donors (Lipinski definition) is 0. The Morgan fingerprint density at radius 2 is 1.00 bits per heavy atom. The molecule has 0 saturated heterocycles. The molecule has 52 heavy (non-hydrogen) atoms. The van der Waals surface area contributed by atoms with Crippen molar-refractivity contribution in [3.05, 3.63) is 174 Å². The minimum atomic E-state index is -0.151. The molecule has 1 heterocycles. The van der Waals surface area contributed by atoms with Crippen LogP contribution in [0.1, 0.15) is 49.9 Å². The molecule has 248 valence electrons. The molecule has 2 heteroatoms. The Balaban J connectivity index is 1.07. The molecule has 11 rings (SSSR count). The molecule has 0 spiro atoms. The molecular formula is C50H37NS. The molecule has 0 N–H and O–H groups in total. The molecule has 0 atom stereocenters. The Morgan fingerprint density at radius 1 is 0.404 bits per heavy atom. The summed E-state index contributed by atoms with van der Waals surface area (Å²) in [6.07, 6.45) is 0. The first kappa shape index (κ1) is 30.0. The van der Waals surface area contributed by atoms with Crippen molar-refractivity contribution >= 4 is 70.1 Å². The van der Waals surface area contributed by atoms with Crippen LogP contribution >= 0.6 is 11.3 Å². The molecule has 0 unspecified atom stereocenters. The molecule has 1 nitrogen and oxygen atoms in total. The van der Waals surface area contributed by atoms with Gasteiger partial charge in [-0.05, 0) is 139 Å². The number of nitrogens with zero attached hydrogens (tertiary/aromatic N) is 1. The molecule has 0 amide bonds. The van der Waals surface area contributed by atoms with E-state index in [1.54, 1.807) is 0 Å². The Hall–Kier alpha value is -5.70. The van der Waals surface area contributed by atoms with Crippen LogP contribution in [0.2, 0.25) is 0 Å². The van der Waals surface area contributed by atoms with E-state index in [-0.39, 0.29) is 10.8 Å². The van der Waals surface area contributed by atoms with Gasteiger partial charge >= 0.3 is 0 Å². The molecule has 0 bridgehead atoms. The first-order valence-corrected chi connectivity index (χ1v) is 19.2. The second-order valence-electron chi connectivity index (χ2n) is 15.8. The van der Waals surface area contributed by atoms with Crippen LogP contribution < -0.4 is 4.90 Å². The minimum absolute atomic E-state index is 0.0855. The summed E-state index contributed by atoms with van der Waals surface area (Å²) in [6.45, 7) is 9.60. The van der Waals surface area contributed by atoms with Crippen molar-refractivity contribution in [2.24, 2.45) is 0 Å². The predicted molar refractivity (Wildman–Crippen MR) is 224 cm³/mol. The minimum Gasteiger partial charge on any atom is -0.310 e. The summed E-state index contributed by atoms with van der Waals surface area (Å²) in [5.41, 5.74) is 14.4. The molecule has 9 aromatic rings. The second-order valence-corrected chi connectivity index (χ2v) is 16.9. The number of anilines is 3. The molecule has 1 aromatic heterocycles. The fourth-order valence-electron chi connectivity index (χ4n) is 9.56. The third-order valence-corrected chi connectivity index (χ3v) is 13.3. The maximum atomic E-state index is 2.46. The highest BCUT2D eigenvalue weighted by molar-refractivity contribution is 7.25. The van der Waals surface area contributed by atoms with E-state index in [2.05, 4.69) is 184 Å². The summed E-state index contributed by atoms with van der Waals surface area (Å²) in [7, 11) is 0. The van der Waals surface area contributed by atoms with Crippen LogP contribution in [0.5, 0.6) is 0 Å².